The summed E-state index contributed by atoms with van der Waals surface area (Å²) in [4.78, 5) is 5.06. The molecule has 0 atom stereocenters. The summed E-state index contributed by atoms with van der Waals surface area (Å²) < 4.78 is 8.36. The standard InChI is InChI=1S/C22H28N2O/c1-16-12-17(2)19(18(3)13-16)14-24-11-7-8-20(24)21-23-22(15-25-21)9-5-4-6-10-22/h7-8,11-13H,4-6,9-10,14-15H2,1-3H3. The summed E-state index contributed by atoms with van der Waals surface area (Å²) in [5.41, 5.74) is 6.61. The molecule has 0 unspecified atom stereocenters. The number of hydrogen-bond acceptors (Lipinski definition) is 2. The molecule has 0 radical (unpaired) electrons. The lowest BCUT2D eigenvalue weighted by molar-refractivity contribution is 0.207. The minimum atomic E-state index is 0.0539. The third kappa shape index (κ3) is 3.12. The van der Waals surface area contributed by atoms with Crippen LogP contribution in [-0.4, -0.2) is 22.6 Å². The van der Waals surface area contributed by atoms with Gasteiger partial charge in [-0.1, -0.05) is 37.0 Å². The molecule has 2 heterocycles. The quantitative estimate of drug-likeness (QED) is 0.779. The van der Waals surface area contributed by atoms with Gasteiger partial charge in [-0.05, 0) is 62.4 Å². The summed E-state index contributed by atoms with van der Waals surface area (Å²) in [6.07, 6.45) is 8.40. The zero-order valence-electron chi connectivity index (χ0n) is 15.6. The van der Waals surface area contributed by atoms with E-state index >= 15 is 0 Å². The first-order valence-corrected chi connectivity index (χ1v) is 9.51. The van der Waals surface area contributed by atoms with Crippen molar-refractivity contribution < 1.29 is 4.74 Å². The van der Waals surface area contributed by atoms with Crippen molar-refractivity contribution in [3.8, 4) is 0 Å². The van der Waals surface area contributed by atoms with Gasteiger partial charge >= 0.3 is 0 Å². The molecular weight excluding hydrogens is 308 g/mol. The van der Waals surface area contributed by atoms with Crippen molar-refractivity contribution in [3.63, 3.8) is 0 Å². The number of nitrogens with zero attached hydrogens (tertiary/aromatic N) is 2. The molecule has 2 aliphatic rings. The number of aryl methyl sites for hydroxylation is 3. The smallest absolute Gasteiger partial charge is 0.234 e. The molecule has 3 nitrogen and oxygen atoms in total. The van der Waals surface area contributed by atoms with Gasteiger partial charge in [0.25, 0.3) is 0 Å². The Kier molecular flexibility index (Phi) is 4.18. The molecule has 0 bridgehead atoms. The fourth-order valence-corrected chi connectivity index (χ4v) is 4.46. The fourth-order valence-electron chi connectivity index (χ4n) is 4.46. The van der Waals surface area contributed by atoms with E-state index < -0.39 is 0 Å². The first-order valence-electron chi connectivity index (χ1n) is 9.51. The molecule has 1 aliphatic carbocycles. The van der Waals surface area contributed by atoms with E-state index in [0.29, 0.717) is 0 Å². The highest BCUT2D eigenvalue weighted by atomic mass is 16.5. The topological polar surface area (TPSA) is 26.5 Å². The molecule has 1 spiro atoms. The van der Waals surface area contributed by atoms with E-state index in [1.54, 1.807) is 0 Å². The van der Waals surface area contributed by atoms with Gasteiger partial charge in [0.05, 0.1) is 5.54 Å². The predicted octanol–water partition coefficient (Wildman–Crippen LogP) is 4.94. The summed E-state index contributed by atoms with van der Waals surface area (Å²) in [6.45, 7) is 8.21. The normalized spacial score (nSPS) is 19.1. The van der Waals surface area contributed by atoms with Crippen LogP contribution in [0.2, 0.25) is 0 Å². The summed E-state index contributed by atoms with van der Waals surface area (Å²) in [5, 5.41) is 0. The van der Waals surface area contributed by atoms with Crippen LogP contribution in [-0.2, 0) is 11.3 Å². The average molecular weight is 336 g/mol. The Bertz CT molecular complexity index is 786. The Morgan fingerprint density at radius 3 is 2.52 bits per heavy atom. The second kappa shape index (κ2) is 6.36. The number of aromatic nitrogens is 1. The van der Waals surface area contributed by atoms with Gasteiger partial charge in [-0.25, -0.2) is 4.99 Å². The number of aliphatic imine (C=N–C) groups is 1. The Morgan fingerprint density at radius 2 is 1.80 bits per heavy atom. The lowest BCUT2D eigenvalue weighted by atomic mass is 9.83. The van der Waals surface area contributed by atoms with E-state index in [-0.39, 0.29) is 5.54 Å². The first kappa shape index (κ1) is 16.4. The monoisotopic (exact) mass is 336 g/mol. The highest BCUT2D eigenvalue weighted by molar-refractivity contribution is 5.94. The van der Waals surface area contributed by atoms with Crippen molar-refractivity contribution in [1.29, 1.82) is 0 Å². The Balaban J connectivity index is 1.63. The van der Waals surface area contributed by atoms with Crippen molar-refractivity contribution >= 4 is 5.90 Å². The predicted molar refractivity (Wildman–Crippen MR) is 102 cm³/mol. The largest absolute Gasteiger partial charge is 0.474 e. The van der Waals surface area contributed by atoms with Crippen molar-refractivity contribution in [3.05, 3.63) is 58.4 Å². The van der Waals surface area contributed by atoms with Crippen molar-refractivity contribution in [2.45, 2.75) is 65.0 Å². The molecule has 0 saturated heterocycles. The molecule has 4 rings (SSSR count). The van der Waals surface area contributed by atoms with Gasteiger partial charge in [0.15, 0.2) is 0 Å². The molecule has 1 aromatic heterocycles. The lowest BCUT2D eigenvalue weighted by Crippen LogP contribution is -2.30. The zero-order valence-corrected chi connectivity index (χ0v) is 15.6. The van der Waals surface area contributed by atoms with Crippen LogP contribution in [0.1, 0.15) is 60.1 Å². The fraction of sp³-hybridized carbons (Fsp3) is 0.500. The van der Waals surface area contributed by atoms with Crippen LogP contribution < -0.4 is 0 Å². The van der Waals surface area contributed by atoms with Crippen LogP contribution in [0.15, 0.2) is 35.5 Å². The highest BCUT2D eigenvalue weighted by Crippen LogP contribution is 2.36. The SMILES string of the molecule is Cc1cc(C)c(Cn2cccc2C2=NC3(CCCCC3)CO2)c(C)c1. The van der Waals surface area contributed by atoms with Crippen molar-refractivity contribution in [2.24, 2.45) is 4.99 Å². The number of benzene rings is 1. The molecule has 2 aromatic rings. The summed E-state index contributed by atoms with van der Waals surface area (Å²) in [7, 11) is 0. The van der Waals surface area contributed by atoms with Crippen molar-refractivity contribution in [1.82, 2.24) is 4.57 Å². The molecule has 3 heteroatoms. The van der Waals surface area contributed by atoms with E-state index in [9.17, 15) is 0 Å². The highest BCUT2D eigenvalue weighted by Gasteiger charge is 2.38. The van der Waals surface area contributed by atoms with Crippen LogP contribution in [0, 0.1) is 20.8 Å². The summed E-state index contributed by atoms with van der Waals surface area (Å²) in [5.74, 6) is 0.842. The van der Waals surface area contributed by atoms with Crippen molar-refractivity contribution in [2.75, 3.05) is 6.61 Å². The molecule has 1 aliphatic heterocycles. The Hall–Kier alpha value is -2.03. The van der Waals surface area contributed by atoms with Gasteiger partial charge in [0.1, 0.15) is 12.3 Å². The third-order valence-electron chi connectivity index (χ3n) is 5.82. The third-order valence-corrected chi connectivity index (χ3v) is 5.82. The number of rotatable bonds is 3. The van der Waals surface area contributed by atoms with Gasteiger partial charge < -0.3 is 9.30 Å². The van der Waals surface area contributed by atoms with Crippen LogP contribution in [0.5, 0.6) is 0 Å². The minimum Gasteiger partial charge on any atom is -0.474 e. The van der Waals surface area contributed by atoms with Gasteiger partial charge in [0, 0.05) is 12.7 Å². The molecule has 0 N–H and O–H groups in total. The molecule has 1 saturated carbocycles. The van der Waals surface area contributed by atoms with E-state index in [1.165, 1.54) is 54.4 Å². The van der Waals surface area contributed by atoms with Crippen LogP contribution in [0.3, 0.4) is 0 Å². The van der Waals surface area contributed by atoms with Crippen LogP contribution in [0.25, 0.3) is 0 Å². The number of ether oxygens (including phenoxy) is 1. The molecule has 0 amide bonds. The average Bonchev–Trinajstić information content (AvgIpc) is 3.19. The molecular formula is C22H28N2O. The maximum atomic E-state index is 6.08. The lowest BCUT2D eigenvalue weighted by Gasteiger charge is -2.27. The van der Waals surface area contributed by atoms with E-state index in [1.807, 2.05) is 0 Å². The Morgan fingerprint density at radius 1 is 1.08 bits per heavy atom. The molecule has 1 aromatic carbocycles. The minimum absolute atomic E-state index is 0.0539. The van der Waals surface area contributed by atoms with Gasteiger partial charge in [-0.3, -0.25) is 0 Å². The molecule has 25 heavy (non-hydrogen) atoms. The van der Waals surface area contributed by atoms with Gasteiger partial charge in [-0.2, -0.15) is 0 Å². The van der Waals surface area contributed by atoms with Gasteiger partial charge in [0.2, 0.25) is 5.90 Å². The van der Waals surface area contributed by atoms with Crippen LogP contribution in [0.4, 0.5) is 0 Å². The second-order valence-electron chi connectivity index (χ2n) is 7.89. The summed E-state index contributed by atoms with van der Waals surface area (Å²) >= 11 is 0. The summed E-state index contributed by atoms with van der Waals surface area (Å²) in [6, 6.07) is 8.78. The van der Waals surface area contributed by atoms with E-state index in [0.717, 1.165) is 24.7 Å². The van der Waals surface area contributed by atoms with Gasteiger partial charge in [-0.15, -0.1) is 0 Å². The molecule has 1 fully saturated rings. The molecule has 132 valence electrons. The number of hydrogen-bond donors (Lipinski definition) is 0. The maximum absolute atomic E-state index is 6.08. The van der Waals surface area contributed by atoms with E-state index in [4.69, 9.17) is 9.73 Å². The zero-order chi connectivity index (χ0) is 17.4. The van der Waals surface area contributed by atoms with Crippen LogP contribution >= 0.6 is 0 Å². The maximum Gasteiger partial charge on any atom is 0.234 e. The first-order chi connectivity index (χ1) is 12.1. The second-order valence-corrected chi connectivity index (χ2v) is 7.89. The van der Waals surface area contributed by atoms with E-state index in [2.05, 4.69) is 55.8 Å². The Labute approximate surface area is 150 Å².